The number of nitrogens with one attached hydrogen (secondary N) is 1. The summed E-state index contributed by atoms with van der Waals surface area (Å²) in [6.45, 7) is 4.72. The van der Waals surface area contributed by atoms with E-state index >= 15 is 0 Å². The van der Waals surface area contributed by atoms with Gasteiger partial charge in [-0.2, -0.15) is 0 Å². The Labute approximate surface area is 162 Å². The molecule has 0 saturated carbocycles. The summed E-state index contributed by atoms with van der Waals surface area (Å²) >= 11 is 1.35. The summed E-state index contributed by atoms with van der Waals surface area (Å²) in [6, 6.07) is 10.7. The van der Waals surface area contributed by atoms with Crippen molar-refractivity contribution in [1.29, 1.82) is 0 Å². The maximum atomic E-state index is 12.5. The number of benzene rings is 1. The lowest BCUT2D eigenvalue weighted by molar-refractivity contribution is 0.102. The zero-order chi connectivity index (χ0) is 19.2. The van der Waals surface area contributed by atoms with Gasteiger partial charge in [0.1, 0.15) is 5.69 Å². The molecule has 0 aliphatic carbocycles. The maximum Gasteiger partial charge on any atom is 0.257 e. The molecule has 0 aliphatic heterocycles. The van der Waals surface area contributed by atoms with Gasteiger partial charge in [0, 0.05) is 17.1 Å². The molecular formula is C20H21N3O3S. The number of ether oxygens (including phenoxy) is 2. The molecule has 1 amide bonds. The van der Waals surface area contributed by atoms with Crippen molar-refractivity contribution in [2.45, 2.75) is 13.8 Å². The van der Waals surface area contributed by atoms with Crippen LogP contribution in [-0.2, 0) is 0 Å². The van der Waals surface area contributed by atoms with E-state index in [1.807, 2.05) is 23.6 Å². The fourth-order valence-electron chi connectivity index (χ4n) is 2.32. The first-order valence-electron chi connectivity index (χ1n) is 8.56. The Morgan fingerprint density at radius 3 is 2.74 bits per heavy atom. The molecule has 2 heterocycles. The second kappa shape index (κ2) is 8.64. The van der Waals surface area contributed by atoms with Crippen molar-refractivity contribution in [3.05, 3.63) is 53.5 Å². The van der Waals surface area contributed by atoms with Crippen molar-refractivity contribution in [2.75, 3.05) is 19.0 Å². The Bertz CT molecular complexity index is 910. The molecule has 6 nitrogen and oxygen atoms in total. The van der Waals surface area contributed by atoms with Crippen molar-refractivity contribution in [2.24, 2.45) is 5.92 Å². The van der Waals surface area contributed by atoms with Gasteiger partial charge in [0.25, 0.3) is 5.91 Å². The van der Waals surface area contributed by atoms with Gasteiger partial charge < -0.3 is 9.47 Å². The van der Waals surface area contributed by atoms with Gasteiger partial charge in [-0.3, -0.25) is 15.1 Å². The molecule has 0 aliphatic rings. The molecule has 0 bridgehead atoms. The minimum Gasteiger partial charge on any atom is -0.493 e. The monoisotopic (exact) mass is 383 g/mol. The fourth-order valence-corrected chi connectivity index (χ4v) is 3.02. The third-order valence-electron chi connectivity index (χ3n) is 3.65. The van der Waals surface area contributed by atoms with Crippen LogP contribution in [0.1, 0.15) is 24.2 Å². The molecule has 2 aromatic heterocycles. The lowest BCUT2D eigenvalue weighted by atomic mass is 10.2. The number of rotatable bonds is 7. The molecule has 0 radical (unpaired) electrons. The number of pyridine rings is 1. The number of methoxy groups -OCH3 is 1. The van der Waals surface area contributed by atoms with E-state index < -0.39 is 0 Å². The van der Waals surface area contributed by atoms with Crippen LogP contribution < -0.4 is 14.8 Å². The molecular weight excluding hydrogens is 362 g/mol. The summed E-state index contributed by atoms with van der Waals surface area (Å²) in [6.07, 6.45) is 1.71. The maximum absolute atomic E-state index is 12.5. The lowest BCUT2D eigenvalue weighted by Gasteiger charge is -2.13. The third kappa shape index (κ3) is 4.83. The van der Waals surface area contributed by atoms with Crippen molar-refractivity contribution >= 4 is 22.4 Å². The molecule has 140 valence electrons. The van der Waals surface area contributed by atoms with Crippen LogP contribution in [-0.4, -0.2) is 29.6 Å². The standard InChI is InChI=1S/C20H21N3O3S/c1-13(2)11-26-17-8-7-14(10-18(17)25-3)19(24)23-20-22-16(12-27-20)15-6-4-5-9-21-15/h4-10,12-13H,11H2,1-3H3,(H,22,23,24). The fraction of sp³-hybridized carbons (Fsp3) is 0.250. The molecule has 1 aromatic carbocycles. The Kier molecular flexibility index (Phi) is 6.03. The molecule has 3 aromatic rings. The smallest absolute Gasteiger partial charge is 0.257 e. The van der Waals surface area contributed by atoms with E-state index in [1.165, 1.54) is 11.3 Å². The van der Waals surface area contributed by atoms with Gasteiger partial charge in [0.2, 0.25) is 0 Å². The molecule has 0 spiro atoms. The second-order valence-corrected chi connectivity index (χ2v) is 7.14. The number of thiazole rings is 1. The zero-order valence-electron chi connectivity index (χ0n) is 15.4. The predicted octanol–water partition coefficient (Wildman–Crippen LogP) is 4.50. The number of hydrogen-bond acceptors (Lipinski definition) is 6. The van der Waals surface area contributed by atoms with Crippen LogP contribution in [0.15, 0.2) is 48.0 Å². The summed E-state index contributed by atoms with van der Waals surface area (Å²) < 4.78 is 11.1. The van der Waals surface area contributed by atoms with Gasteiger partial charge >= 0.3 is 0 Å². The number of amides is 1. The molecule has 7 heteroatoms. The highest BCUT2D eigenvalue weighted by Gasteiger charge is 2.14. The van der Waals surface area contributed by atoms with Crippen LogP contribution in [0.25, 0.3) is 11.4 Å². The number of carbonyl (C=O) groups excluding carboxylic acids is 1. The van der Waals surface area contributed by atoms with E-state index in [-0.39, 0.29) is 5.91 Å². The van der Waals surface area contributed by atoms with E-state index in [2.05, 4.69) is 29.1 Å². The number of nitrogens with zero attached hydrogens (tertiary/aromatic N) is 2. The van der Waals surface area contributed by atoms with Crippen LogP contribution in [0.5, 0.6) is 11.5 Å². The summed E-state index contributed by atoms with van der Waals surface area (Å²) in [5.74, 6) is 1.28. The molecule has 0 unspecified atom stereocenters. The van der Waals surface area contributed by atoms with Crippen molar-refractivity contribution in [3.8, 4) is 22.9 Å². The summed E-state index contributed by atoms with van der Waals surface area (Å²) in [7, 11) is 1.55. The number of anilines is 1. The van der Waals surface area contributed by atoms with Crippen molar-refractivity contribution in [1.82, 2.24) is 9.97 Å². The molecule has 1 N–H and O–H groups in total. The number of aromatic nitrogens is 2. The van der Waals surface area contributed by atoms with Crippen LogP contribution in [0.2, 0.25) is 0 Å². The van der Waals surface area contributed by atoms with Crippen LogP contribution in [0.4, 0.5) is 5.13 Å². The first-order valence-corrected chi connectivity index (χ1v) is 9.44. The minimum atomic E-state index is -0.259. The number of carbonyl (C=O) groups is 1. The van der Waals surface area contributed by atoms with Crippen molar-refractivity contribution < 1.29 is 14.3 Å². The highest BCUT2D eigenvalue weighted by molar-refractivity contribution is 7.14. The largest absolute Gasteiger partial charge is 0.493 e. The van der Waals surface area contributed by atoms with Crippen molar-refractivity contribution in [3.63, 3.8) is 0 Å². The third-order valence-corrected chi connectivity index (χ3v) is 4.41. The predicted molar refractivity (Wildman–Crippen MR) is 107 cm³/mol. The van der Waals surface area contributed by atoms with E-state index in [0.717, 1.165) is 11.4 Å². The van der Waals surface area contributed by atoms with Gasteiger partial charge in [-0.05, 0) is 36.2 Å². The van der Waals surface area contributed by atoms with Crippen LogP contribution >= 0.6 is 11.3 Å². The first-order chi connectivity index (χ1) is 13.1. The molecule has 0 fully saturated rings. The van der Waals surface area contributed by atoms with Gasteiger partial charge in [-0.1, -0.05) is 19.9 Å². The second-order valence-electron chi connectivity index (χ2n) is 6.28. The minimum absolute atomic E-state index is 0.259. The summed E-state index contributed by atoms with van der Waals surface area (Å²) in [4.78, 5) is 21.2. The van der Waals surface area contributed by atoms with Gasteiger partial charge in [-0.25, -0.2) is 4.98 Å². The van der Waals surface area contributed by atoms with Crippen LogP contribution in [0, 0.1) is 5.92 Å². The van der Waals surface area contributed by atoms with Gasteiger partial charge in [0.05, 0.1) is 19.4 Å². The SMILES string of the molecule is COc1cc(C(=O)Nc2nc(-c3ccccn3)cs2)ccc1OCC(C)C. The zero-order valence-corrected chi connectivity index (χ0v) is 16.2. The topological polar surface area (TPSA) is 73.3 Å². The Balaban J connectivity index is 1.72. The van der Waals surface area contributed by atoms with E-state index in [4.69, 9.17) is 9.47 Å². The average molecular weight is 383 g/mol. The van der Waals surface area contributed by atoms with E-state index in [0.29, 0.717) is 34.7 Å². The summed E-state index contributed by atoms with van der Waals surface area (Å²) in [5.41, 5.74) is 1.96. The highest BCUT2D eigenvalue weighted by atomic mass is 32.1. The quantitative estimate of drug-likeness (QED) is 0.650. The molecule has 3 rings (SSSR count). The van der Waals surface area contributed by atoms with E-state index in [9.17, 15) is 4.79 Å². The Morgan fingerprint density at radius 1 is 1.19 bits per heavy atom. The molecule has 0 saturated heterocycles. The first kappa shape index (κ1) is 18.8. The summed E-state index contributed by atoms with van der Waals surface area (Å²) in [5, 5.41) is 5.19. The average Bonchev–Trinajstić information content (AvgIpc) is 3.15. The van der Waals surface area contributed by atoms with Gasteiger partial charge in [-0.15, -0.1) is 11.3 Å². The normalized spacial score (nSPS) is 10.7. The Morgan fingerprint density at radius 2 is 2.04 bits per heavy atom. The van der Waals surface area contributed by atoms with E-state index in [1.54, 1.807) is 31.5 Å². The van der Waals surface area contributed by atoms with Gasteiger partial charge in [0.15, 0.2) is 16.6 Å². The van der Waals surface area contributed by atoms with Crippen LogP contribution in [0.3, 0.4) is 0 Å². The lowest BCUT2D eigenvalue weighted by Crippen LogP contribution is -2.12. The molecule has 27 heavy (non-hydrogen) atoms. The Hall–Kier alpha value is -2.93. The highest BCUT2D eigenvalue weighted by Crippen LogP contribution is 2.29. The molecule has 0 atom stereocenters. The number of hydrogen-bond donors (Lipinski definition) is 1.